The van der Waals surface area contributed by atoms with Crippen LogP contribution in [0.3, 0.4) is 0 Å². The molecule has 0 saturated carbocycles. The molecule has 3 heterocycles. The lowest BCUT2D eigenvalue weighted by Crippen LogP contribution is -2.67. The van der Waals surface area contributed by atoms with Gasteiger partial charge in [-0.1, -0.05) is 121 Å². The van der Waals surface area contributed by atoms with Gasteiger partial charge in [0.1, 0.15) is 24.4 Å². The highest BCUT2D eigenvalue weighted by Gasteiger charge is 2.62. The van der Waals surface area contributed by atoms with E-state index in [0.29, 0.717) is 39.6 Å². The number of rotatable bonds is 13. The third-order valence-electron chi connectivity index (χ3n) is 8.52. The smallest absolute Gasteiger partial charge is 0.232 e. The fourth-order valence-corrected chi connectivity index (χ4v) is 8.76. The van der Waals surface area contributed by atoms with E-state index in [0.717, 1.165) is 38.7 Å². The van der Waals surface area contributed by atoms with Crippen molar-refractivity contribution in [3.8, 4) is 0 Å². The molecule has 4 aromatic carbocycles. The van der Waals surface area contributed by atoms with E-state index in [1.165, 1.54) is 4.91 Å². The maximum Gasteiger partial charge on any atom is 0.232 e. The average Bonchev–Trinajstić information content (AvgIpc) is 3.50. The van der Waals surface area contributed by atoms with Crippen LogP contribution in [0.5, 0.6) is 0 Å². The standard InChI is InChI=1S/C39H40O6S2/c1-5-13-29(14-6-1)23-40-27-33-35(41-24-30-15-7-2-8-16-30)36(42-25-31-17-9-3-10-18-31)37(43-26-32-19-11-4-12-20-32)39(45-33)38-34(28-44-39)46-21-22-47-38/h1-20,33,35-37H,21-28H2/t33-,35-,36+,37+,39-/m1/s1. The van der Waals surface area contributed by atoms with E-state index in [1.807, 2.05) is 84.6 Å². The molecule has 244 valence electrons. The molecule has 4 aromatic rings. The van der Waals surface area contributed by atoms with Gasteiger partial charge < -0.3 is 28.4 Å². The van der Waals surface area contributed by atoms with Crippen LogP contribution in [0.1, 0.15) is 22.3 Å². The summed E-state index contributed by atoms with van der Waals surface area (Å²) in [4.78, 5) is 2.30. The first-order valence-corrected chi connectivity index (χ1v) is 18.1. The Morgan fingerprint density at radius 2 is 1.06 bits per heavy atom. The van der Waals surface area contributed by atoms with E-state index in [-0.39, 0.29) is 0 Å². The van der Waals surface area contributed by atoms with E-state index in [1.54, 1.807) is 11.8 Å². The van der Waals surface area contributed by atoms with Gasteiger partial charge in [0.2, 0.25) is 5.79 Å². The van der Waals surface area contributed by atoms with Crippen molar-refractivity contribution in [1.82, 2.24) is 0 Å². The average molecular weight is 669 g/mol. The van der Waals surface area contributed by atoms with Gasteiger partial charge in [-0.15, -0.1) is 23.5 Å². The maximum atomic E-state index is 7.16. The number of hydrogen-bond donors (Lipinski definition) is 0. The Bertz CT molecular complexity index is 1570. The highest BCUT2D eigenvalue weighted by atomic mass is 32.2. The van der Waals surface area contributed by atoms with Crippen LogP contribution in [-0.4, -0.2) is 54.9 Å². The summed E-state index contributed by atoms with van der Waals surface area (Å²) in [6, 6.07) is 40.9. The van der Waals surface area contributed by atoms with E-state index in [9.17, 15) is 0 Å². The summed E-state index contributed by atoms with van der Waals surface area (Å²) >= 11 is 3.66. The molecule has 3 aliphatic heterocycles. The summed E-state index contributed by atoms with van der Waals surface area (Å²) in [5.74, 6) is 0.873. The first-order chi connectivity index (χ1) is 23.3. The largest absolute Gasteiger partial charge is 0.374 e. The molecule has 0 unspecified atom stereocenters. The Morgan fingerprint density at radius 1 is 0.574 bits per heavy atom. The van der Waals surface area contributed by atoms with Gasteiger partial charge in [0.15, 0.2) is 0 Å². The van der Waals surface area contributed by atoms with Crippen LogP contribution in [0.15, 0.2) is 131 Å². The molecule has 1 spiro atoms. The Balaban J connectivity index is 1.25. The first kappa shape index (κ1) is 32.6. The lowest BCUT2D eigenvalue weighted by molar-refractivity contribution is -0.358. The predicted molar refractivity (Wildman–Crippen MR) is 187 cm³/mol. The molecular weight excluding hydrogens is 629 g/mol. The zero-order chi connectivity index (χ0) is 31.7. The van der Waals surface area contributed by atoms with Gasteiger partial charge in [-0.3, -0.25) is 0 Å². The van der Waals surface area contributed by atoms with Crippen LogP contribution in [0.25, 0.3) is 0 Å². The Labute approximate surface area is 285 Å². The number of fused-ring (bicyclic) bond motifs is 1. The summed E-state index contributed by atoms with van der Waals surface area (Å²) < 4.78 is 40.9. The van der Waals surface area contributed by atoms with Gasteiger partial charge in [0.25, 0.3) is 0 Å². The summed E-state index contributed by atoms with van der Waals surface area (Å²) in [6.45, 7) is 2.41. The van der Waals surface area contributed by atoms with E-state index < -0.39 is 30.2 Å². The van der Waals surface area contributed by atoms with Crippen molar-refractivity contribution in [2.75, 3.05) is 24.7 Å². The minimum absolute atomic E-state index is 0.302. The van der Waals surface area contributed by atoms with Crippen molar-refractivity contribution < 1.29 is 28.4 Å². The fourth-order valence-electron chi connectivity index (χ4n) is 6.23. The highest BCUT2D eigenvalue weighted by molar-refractivity contribution is 8.10. The molecule has 0 bridgehead atoms. The molecule has 6 nitrogen and oxygen atoms in total. The molecule has 0 aliphatic carbocycles. The molecule has 0 N–H and O–H groups in total. The molecule has 0 amide bonds. The van der Waals surface area contributed by atoms with Crippen LogP contribution >= 0.6 is 23.5 Å². The quantitative estimate of drug-likeness (QED) is 0.143. The lowest BCUT2D eigenvalue weighted by atomic mass is 9.91. The van der Waals surface area contributed by atoms with Gasteiger partial charge >= 0.3 is 0 Å². The number of thioether (sulfide) groups is 2. The minimum Gasteiger partial charge on any atom is -0.374 e. The maximum absolute atomic E-state index is 7.16. The number of hydrogen-bond acceptors (Lipinski definition) is 8. The number of ether oxygens (including phenoxy) is 6. The second-order valence-corrected chi connectivity index (χ2v) is 14.1. The second kappa shape index (κ2) is 16.0. The third-order valence-corrected chi connectivity index (χ3v) is 11.2. The zero-order valence-corrected chi connectivity index (χ0v) is 27.9. The molecule has 5 atom stereocenters. The van der Waals surface area contributed by atoms with E-state index in [2.05, 4.69) is 48.5 Å². The van der Waals surface area contributed by atoms with Gasteiger partial charge in [-0.05, 0) is 22.3 Å². The van der Waals surface area contributed by atoms with Crippen LogP contribution in [-0.2, 0) is 54.8 Å². The van der Waals surface area contributed by atoms with Crippen molar-refractivity contribution >= 4 is 23.5 Å². The van der Waals surface area contributed by atoms with Crippen LogP contribution in [0, 0.1) is 0 Å². The van der Waals surface area contributed by atoms with Crippen LogP contribution < -0.4 is 0 Å². The van der Waals surface area contributed by atoms with Crippen molar-refractivity contribution in [2.45, 2.75) is 56.6 Å². The third kappa shape index (κ3) is 7.88. The van der Waals surface area contributed by atoms with Gasteiger partial charge in [-0.2, -0.15) is 0 Å². The normalized spacial score (nSPS) is 25.6. The molecule has 0 radical (unpaired) electrons. The molecule has 1 fully saturated rings. The van der Waals surface area contributed by atoms with Crippen molar-refractivity contribution in [3.05, 3.63) is 153 Å². The Morgan fingerprint density at radius 3 is 1.64 bits per heavy atom. The lowest BCUT2D eigenvalue weighted by Gasteiger charge is -2.51. The topological polar surface area (TPSA) is 55.4 Å². The highest BCUT2D eigenvalue weighted by Crippen LogP contribution is 2.53. The molecule has 8 heteroatoms. The molecule has 47 heavy (non-hydrogen) atoms. The van der Waals surface area contributed by atoms with Gasteiger partial charge in [0, 0.05) is 16.4 Å². The minimum atomic E-state index is -1.14. The molecule has 7 rings (SSSR count). The molecule has 0 aromatic heterocycles. The van der Waals surface area contributed by atoms with Crippen LogP contribution in [0.2, 0.25) is 0 Å². The SMILES string of the molecule is c1ccc(COC[C@H]2O[C@]3(OCC4=C3SCCS4)[C@@H](OCc3ccccc3)[C@@H](OCc3ccccc3)[C@@H]2OCc2ccccc2)cc1. The Hall–Kier alpha value is -2.92. The molecular formula is C39H40O6S2. The van der Waals surface area contributed by atoms with Crippen LogP contribution in [0.4, 0.5) is 0 Å². The van der Waals surface area contributed by atoms with E-state index >= 15 is 0 Å². The summed E-state index contributed by atoms with van der Waals surface area (Å²) in [5.41, 5.74) is 4.31. The van der Waals surface area contributed by atoms with Gasteiger partial charge in [0.05, 0.1) is 44.5 Å². The van der Waals surface area contributed by atoms with Crippen molar-refractivity contribution in [1.29, 1.82) is 0 Å². The zero-order valence-electron chi connectivity index (χ0n) is 26.3. The Kier molecular flexibility index (Phi) is 11.1. The van der Waals surface area contributed by atoms with Gasteiger partial charge in [-0.25, -0.2) is 0 Å². The monoisotopic (exact) mass is 668 g/mol. The van der Waals surface area contributed by atoms with Crippen molar-refractivity contribution in [3.63, 3.8) is 0 Å². The summed E-state index contributed by atoms with van der Waals surface area (Å²) in [7, 11) is 0. The molecule has 3 aliphatic rings. The van der Waals surface area contributed by atoms with Crippen molar-refractivity contribution in [2.24, 2.45) is 0 Å². The van der Waals surface area contributed by atoms with E-state index in [4.69, 9.17) is 28.4 Å². The molecule has 1 saturated heterocycles. The predicted octanol–water partition coefficient (Wildman–Crippen LogP) is 7.78. The fraction of sp³-hybridized carbons (Fsp3) is 0.333. The number of benzene rings is 4. The summed E-state index contributed by atoms with van der Waals surface area (Å²) in [6.07, 6.45) is -2.12. The first-order valence-electron chi connectivity index (χ1n) is 16.2. The summed E-state index contributed by atoms with van der Waals surface area (Å²) in [5, 5.41) is 0. The second-order valence-electron chi connectivity index (χ2n) is 11.8.